The third-order valence-electron chi connectivity index (χ3n) is 7.22. The zero-order valence-electron chi connectivity index (χ0n) is 20.8. The number of β-lactam (4-membered cyclic amide) rings is 1. The van der Waals surface area contributed by atoms with Crippen LogP contribution in [0.1, 0.15) is 57.4 Å². The third-order valence-corrected chi connectivity index (χ3v) is 7.22. The Labute approximate surface area is 210 Å². The minimum atomic E-state index is -0.984. The maximum atomic E-state index is 13.6. The fourth-order valence-corrected chi connectivity index (χ4v) is 5.34. The van der Waals surface area contributed by atoms with Gasteiger partial charge < -0.3 is 11.1 Å². The van der Waals surface area contributed by atoms with E-state index in [0.717, 1.165) is 49.0 Å². The SMILES string of the molecule is CCC[C@@H](NC(=O)N1C(=O)[C@H](Cc2ccnc(N)c2)[C@H]1C(=O)N(C)c1ncncn1)C1CCCCC1. The molecule has 11 heteroatoms. The van der Waals surface area contributed by atoms with Gasteiger partial charge in [-0.25, -0.2) is 24.7 Å². The van der Waals surface area contributed by atoms with Gasteiger partial charge in [0.15, 0.2) is 0 Å². The van der Waals surface area contributed by atoms with Crippen molar-refractivity contribution in [3.05, 3.63) is 36.5 Å². The first kappa shape index (κ1) is 25.5. The molecule has 0 unspecified atom stereocenters. The zero-order valence-corrected chi connectivity index (χ0v) is 20.8. The Morgan fingerprint density at radius 3 is 2.58 bits per heavy atom. The molecular weight excluding hydrogens is 460 g/mol. The van der Waals surface area contributed by atoms with E-state index in [-0.39, 0.29) is 24.3 Å². The summed E-state index contributed by atoms with van der Waals surface area (Å²) in [6, 6.07) is 1.91. The van der Waals surface area contributed by atoms with Crippen LogP contribution < -0.4 is 16.0 Å². The van der Waals surface area contributed by atoms with Crippen LogP contribution in [0.25, 0.3) is 0 Å². The van der Waals surface area contributed by atoms with Crippen molar-refractivity contribution in [3.63, 3.8) is 0 Å². The monoisotopic (exact) mass is 494 g/mol. The number of carbonyl (C=O) groups is 3. The normalized spacial score (nSPS) is 20.9. The maximum Gasteiger partial charge on any atom is 0.325 e. The average molecular weight is 495 g/mol. The van der Waals surface area contributed by atoms with E-state index in [1.807, 2.05) is 0 Å². The Hall–Kier alpha value is -3.63. The molecule has 1 aliphatic carbocycles. The highest BCUT2D eigenvalue weighted by Gasteiger charge is 2.55. The van der Waals surface area contributed by atoms with Gasteiger partial charge in [-0.05, 0) is 49.3 Å². The highest BCUT2D eigenvalue weighted by molar-refractivity contribution is 6.12. The van der Waals surface area contributed by atoms with E-state index in [4.69, 9.17) is 5.73 Å². The lowest BCUT2D eigenvalue weighted by Gasteiger charge is -2.46. The van der Waals surface area contributed by atoms with E-state index in [9.17, 15) is 14.4 Å². The predicted molar refractivity (Wildman–Crippen MR) is 134 cm³/mol. The number of aromatic nitrogens is 4. The van der Waals surface area contributed by atoms with Crippen molar-refractivity contribution in [3.8, 4) is 0 Å². The summed E-state index contributed by atoms with van der Waals surface area (Å²) >= 11 is 0. The molecule has 36 heavy (non-hydrogen) atoms. The fourth-order valence-electron chi connectivity index (χ4n) is 5.34. The second-order valence-electron chi connectivity index (χ2n) is 9.63. The van der Waals surface area contributed by atoms with Gasteiger partial charge in [-0.1, -0.05) is 32.6 Å². The molecule has 1 aliphatic heterocycles. The van der Waals surface area contributed by atoms with Gasteiger partial charge in [-0.3, -0.25) is 19.4 Å². The van der Waals surface area contributed by atoms with Crippen LogP contribution >= 0.6 is 0 Å². The lowest BCUT2D eigenvalue weighted by Crippen LogP contribution is -2.71. The molecule has 1 saturated heterocycles. The van der Waals surface area contributed by atoms with Crippen LogP contribution in [-0.4, -0.2) is 61.8 Å². The number of amides is 4. The summed E-state index contributed by atoms with van der Waals surface area (Å²) < 4.78 is 0. The van der Waals surface area contributed by atoms with Crippen molar-refractivity contribution in [2.45, 2.75) is 70.4 Å². The number of likely N-dealkylation sites (tertiary alicyclic amines) is 1. The van der Waals surface area contributed by atoms with E-state index in [2.05, 4.69) is 32.2 Å². The van der Waals surface area contributed by atoms with Crippen molar-refractivity contribution in [1.29, 1.82) is 0 Å². The fraction of sp³-hybridized carbons (Fsp3) is 0.560. The van der Waals surface area contributed by atoms with E-state index in [0.29, 0.717) is 11.7 Å². The predicted octanol–water partition coefficient (Wildman–Crippen LogP) is 2.34. The number of nitrogens with one attached hydrogen (secondary N) is 1. The number of rotatable bonds is 8. The van der Waals surface area contributed by atoms with Crippen LogP contribution in [0.2, 0.25) is 0 Å². The van der Waals surface area contributed by atoms with Gasteiger partial charge in [-0.2, -0.15) is 0 Å². The van der Waals surface area contributed by atoms with Crippen molar-refractivity contribution in [2.24, 2.45) is 11.8 Å². The number of nitrogens with zero attached hydrogens (tertiary/aromatic N) is 6. The second-order valence-corrected chi connectivity index (χ2v) is 9.63. The Morgan fingerprint density at radius 1 is 1.19 bits per heavy atom. The third kappa shape index (κ3) is 5.44. The molecule has 192 valence electrons. The number of nitrogens with two attached hydrogens (primary N) is 1. The van der Waals surface area contributed by atoms with Gasteiger partial charge in [-0.15, -0.1) is 0 Å². The van der Waals surface area contributed by atoms with Gasteiger partial charge >= 0.3 is 6.03 Å². The summed E-state index contributed by atoms with van der Waals surface area (Å²) in [5.41, 5.74) is 6.58. The molecule has 3 atom stereocenters. The smallest absolute Gasteiger partial charge is 0.325 e. The number of nitrogen functional groups attached to an aromatic ring is 1. The van der Waals surface area contributed by atoms with Gasteiger partial charge in [0.25, 0.3) is 5.91 Å². The molecule has 2 aliphatic rings. The number of hydrogen-bond acceptors (Lipinski definition) is 8. The Morgan fingerprint density at radius 2 is 1.92 bits per heavy atom. The number of likely N-dealkylation sites (N-methyl/N-ethyl adjacent to an activating group) is 1. The summed E-state index contributed by atoms with van der Waals surface area (Å²) in [6.07, 6.45) is 11.8. The molecule has 0 bridgehead atoms. The Balaban J connectivity index is 1.56. The average Bonchev–Trinajstić information content (AvgIpc) is 2.90. The summed E-state index contributed by atoms with van der Waals surface area (Å²) in [5, 5.41) is 3.10. The number of carbonyl (C=O) groups excluding carboxylic acids is 3. The summed E-state index contributed by atoms with van der Waals surface area (Å²) in [6.45, 7) is 2.09. The molecule has 0 aromatic carbocycles. The summed E-state index contributed by atoms with van der Waals surface area (Å²) in [7, 11) is 1.53. The highest BCUT2D eigenvalue weighted by Crippen LogP contribution is 2.33. The highest BCUT2D eigenvalue weighted by atomic mass is 16.2. The quantitative estimate of drug-likeness (QED) is 0.532. The topological polar surface area (TPSA) is 147 Å². The molecule has 11 nitrogen and oxygen atoms in total. The molecular formula is C25H34N8O3. The number of imide groups is 1. The number of pyridine rings is 1. The molecule has 4 amide bonds. The van der Waals surface area contributed by atoms with Crippen molar-refractivity contribution in [2.75, 3.05) is 17.7 Å². The molecule has 4 rings (SSSR count). The van der Waals surface area contributed by atoms with E-state index in [1.165, 1.54) is 31.0 Å². The lowest BCUT2D eigenvalue weighted by molar-refractivity contribution is -0.156. The van der Waals surface area contributed by atoms with Crippen molar-refractivity contribution >= 4 is 29.6 Å². The number of urea groups is 1. The van der Waals surface area contributed by atoms with E-state index in [1.54, 1.807) is 18.3 Å². The molecule has 0 radical (unpaired) electrons. The van der Waals surface area contributed by atoms with Gasteiger partial charge in [0.05, 0.1) is 5.92 Å². The molecule has 2 aromatic rings. The summed E-state index contributed by atoms with van der Waals surface area (Å²) in [4.78, 5) is 58.5. The molecule has 2 aromatic heterocycles. The van der Waals surface area contributed by atoms with E-state index >= 15 is 0 Å². The maximum absolute atomic E-state index is 13.6. The zero-order chi connectivity index (χ0) is 25.7. The minimum Gasteiger partial charge on any atom is -0.384 e. The molecule has 1 saturated carbocycles. The second kappa shape index (κ2) is 11.4. The van der Waals surface area contributed by atoms with Crippen molar-refractivity contribution in [1.82, 2.24) is 30.2 Å². The lowest BCUT2D eigenvalue weighted by atomic mass is 9.81. The first-order valence-corrected chi connectivity index (χ1v) is 12.6. The van der Waals surface area contributed by atoms with Crippen LogP contribution in [0.4, 0.5) is 16.6 Å². The van der Waals surface area contributed by atoms with Gasteiger partial charge in [0, 0.05) is 19.3 Å². The number of anilines is 2. The Bertz CT molecular complexity index is 1080. The molecule has 3 heterocycles. The standard InChI is InChI=1S/C25H34N8O3/c1-3-7-19(17-8-5-4-6-9-17)31-25(36)33-21(23(35)32(2)24-29-14-27-15-30-24)18(22(33)34)12-16-10-11-28-20(26)13-16/h10-11,13-15,17-19,21H,3-9,12H2,1-2H3,(H2,26,28)(H,31,36)/t18-,19-,21+/m1/s1. The molecule has 0 spiro atoms. The van der Waals surface area contributed by atoms with Gasteiger partial charge in [0.1, 0.15) is 24.5 Å². The molecule has 3 N–H and O–H groups in total. The van der Waals surface area contributed by atoms with E-state index < -0.39 is 23.9 Å². The van der Waals surface area contributed by atoms with Gasteiger partial charge in [0.2, 0.25) is 11.9 Å². The van der Waals surface area contributed by atoms with Crippen LogP contribution in [-0.2, 0) is 16.0 Å². The first-order valence-electron chi connectivity index (χ1n) is 12.6. The minimum absolute atomic E-state index is 0.0216. The summed E-state index contributed by atoms with van der Waals surface area (Å²) in [5.74, 6) is -0.677. The van der Waals surface area contributed by atoms with Crippen LogP contribution in [0, 0.1) is 11.8 Å². The number of hydrogen-bond donors (Lipinski definition) is 2. The Kier molecular flexibility index (Phi) is 8.07. The van der Waals surface area contributed by atoms with Crippen LogP contribution in [0.5, 0.6) is 0 Å². The van der Waals surface area contributed by atoms with Crippen molar-refractivity contribution < 1.29 is 14.4 Å². The first-order chi connectivity index (χ1) is 17.4. The van der Waals surface area contributed by atoms with Crippen LogP contribution in [0.3, 0.4) is 0 Å². The van der Waals surface area contributed by atoms with Crippen LogP contribution in [0.15, 0.2) is 31.0 Å². The largest absolute Gasteiger partial charge is 0.384 e. The molecule has 2 fully saturated rings.